The first-order valence-electron chi connectivity index (χ1n) is 5.90. The maximum atomic E-state index is 11.8. The van der Waals surface area contributed by atoms with Gasteiger partial charge in [0.25, 0.3) is 0 Å². The molecule has 6 heteroatoms. The second-order valence-corrected chi connectivity index (χ2v) is 7.33. The Hall–Kier alpha value is -0.900. The van der Waals surface area contributed by atoms with Crippen LogP contribution in [0.25, 0.3) is 0 Å². The van der Waals surface area contributed by atoms with Gasteiger partial charge in [0, 0.05) is 4.47 Å². The lowest BCUT2D eigenvalue weighted by molar-refractivity contribution is 0.594. The van der Waals surface area contributed by atoms with Crippen molar-refractivity contribution in [3.63, 3.8) is 0 Å². The van der Waals surface area contributed by atoms with Crippen molar-refractivity contribution in [1.29, 1.82) is 5.26 Å². The standard InChI is InChI=1S/C13H17BrN2O2S/c1-7(2)10-5-9(6-15)11(8(3)4)12(14)13(10)19(16,17)18/h5,7-8H,1-4H3,(H2,16,17,18). The van der Waals surface area contributed by atoms with Crippen molar-refractivity contribution in [3.8, 4) is 6.07 Å². The van der Waals surface area contributed by atoms with Gasteiger partial charge in [-0.1, -0.05) is 27.7 Å². The van der Waals surface area contributed by atoms with Gasteiger partial charge in [-0.2, -0.15) is 5.26 Å². The first-order valence-corrected chi connectivity index (χ1v) is 8.24. The summed E-state index contributed by atoms with van der Waals surface area (Å²) in [5.41, 5.74) is 1.73. The number of nitriles is 1. The van der Waals surface area contributed by atoms with E-state index >= 15 is 0 Å². The van der Waals surface area contributed by atoms with Crippen LogP contribution in [0.3, 0.4) is 0 Å². The van der Waals surface area contributed by atoms with E-state index in [0.29, 0.717) is 21.2 Å². The summed E-state index contributed by atoms with van der Waals surface area (Å²) in [4.78, 5) is 0.0881. The van der Waals surface area contributed by atoms with Gasteiger partial charge >= 0.3 is 0 Å². The van der Waals surface area contributed by atoms with Gasteiger partial charge in [-0.3, -0.25) is 0 Å². The molecule has 0 bridgehead atoms. The molecule has 0 unspecified atom stereocenters. The Bertz CT molecular complexity index is 644. The van der Waals surface area contributed by atoms with E-state index in [2.05, 4.69) is 22.0 Å². The SMILES string of the molecule is CC(C)c1cc(C#N)c(C(C)C)c(Br)c1S(N)(=O)=O. The molecule has 19 heavy (non-hydrogen) atoms. The minimum absolute atomic E-state index is 0.0192. The molecular formula is C13H17BrN2O2S. The summed E-state index contributed by atoms with van der Waals surface area (Å²) in [6, 6.07) is 3.76. The monoisotopic (exact) mass is 344 g/mol. The molecule has 1 aromatic rings. The lowest BCUT2D eigenvalue weighted by Gasteiger charge is -2.19. The van der Waals surface area contributed by atoms with Crippen LogP contribution in [0, 0.1) is 11.3 Å². The molecule has 2 N–H and O–H groups in total. The molecule has 0 aliphatic rings. The highest BCUT2D eigenvalue weighted by atomic mass is 79.9. The third-order valence-corrected chi connectivity index (χ3v) is 4.99. The fraction of sp³-hybridized carbons (Fsp3) is 0.462. The summed E-state index contributed by atoms with van der Waals surface area (Å²) in [5, 5.41) is 14.6. The lowest BCUT2D eigenvalue weighted by atomic mass is 9.92. The average Bonchev–Trinajstić information content (AvgIpc) is 2.24. The second-order valence-electron chi connectivity index (χ2n) is 5.04. The molecule has 0 atom stereocenters. The quantitative estimate of drug-likeness (QED) is 0.913. The highest BCUT2D eigenvalue weighted by Gasteiger charge is 2.25. The van der Waals surface area contributed by atoms with Crippen LogP contribution < -0.4 is 5.14 Å². The number of hydrogen-bond acceptors (Lipinski definition) is 3. The van der Waals surface area contributed by atoms with Crippen LogP contribution in [0.2, 0.25) is 0 Å². The van der Waals surface area contributed by atoms with Crippen LogP contribution in [0.15, 0.2) is 15.4 Å². The number of nitrogens with two attached hydrogens (primary N) is 1. The Labute approximate surface area is 122 Å². The Kier molecular flexibility index (Phi) is 4.77. The molecule has 0 aliphatic carbocycles. The molecular weight excluding hydrogens is 328 g/mol. The van der Waals surface area contributed by atoms with E-state index < -0.39 is 10.0 Å². The van der Waals surface area contributed by atoms with Crippen LogP contribution in [0.5, 0.6) is 0 Å². The van der Waals surface area contributed by atoms with E-state index in [1.165, 1.54) is 0 Å². The molecule has 104 valence electrons. The number of halogens is 1. The summed E-state index contributed by atoms with van der Waals surface area (Å²) in [7, 11) is -3.85. The molecule has 0 aromatic heterocycles. The Balaban J connectivity index is 3.91. The second kappa shape index (κ2) is 5.61. The smallest absolute Gasteiger partial charge is 0.225 e. The summed E-state index contributed by atoms with van der Waals surface area (Å²) < 4.78 is 24.0. The minimum atomic E-state index is -3.85. The summed E-state index contributed by atoms with van der Waals surface area (Å²) in [6.07, 6.45) is 0. The molecule has 1 aromatic carbocycles. The van der Waals surface area contributed by atoms with E-state index in [1.54, 1.807) is 6.07 Å². The molecule has 0 amide bonds. The van der Waals surface area contributed by atoms with Crippen LogP contribution in [0.4, 0.5) is 0 Å². The zero-order chi connectivity index (χ0) is 15.0. The molecule has 0 radical (unpaired) electrons. The largest absolute Gasteiger partial charge is 0.239 e. The normalized spacial score (nSPS) is 11.9. The number of primary sulfonamides is 1. The van der Waals surface area contributed by atoms with Crippen molar-refractivity contribution in [1.82, 2.24) is 0 Å². The van der Waals surface area contributed by atoms with Crippen molar-refractivity contribution in [2.45, 2.75) is 44.4 Å². The van der Waals surface area contributed by atoms with Gasteiger partial charge in [0.05, 0.1) is 16.5 Å². The molecule has 4 nitrogen and oxygen atoms in total. The molecule has 0 aliphatic heterocycles. The maximum Gasteiger partial charge on any atom is 0.239 e. The van der Waals surface area contributed by atoms with Crippen molar-refractivity contribution in [2.75, 3.05) is 0 Å². The van der Waals surface area contributed by atoms with Gasteiger partial charge in [-0.25, -0.2) is 13.6 Å². The maximum absolute atomic E-state index is 11.8. The van der Waals surface area contributed by atoms with Crippen LogP contribution in [0.1, 0.15) is 56.2 Å². The number of hydrogen-bond donors (Lipinski definition) is 1. The highest BCUT2D eigenvalue weighted by Crippen LogP contribution is 2.38. The van der Waals surface area contributed by atoms with Crippen LogP contribution >= 0.6 is 15.9 Å². The van der Waals surface area contributed by atoms with Gasteiger partial charge in [0.1, 0.15) is 0 Å². The molecule has 0 saturated carbocycles. The predicted molar refractivity (Wildman–Crippen MR) is 78.4 cm³/mol. The van der Waals surface area contributed by atoms with Gasteiger partial charge in [0.15, 0.2) is 0 Å². The predicted octanol–water partition coefficient (Wildman–Crippen LogP) is 3.21. The third-order valence-electron chi connectivity index (χ3n) is 2.89. The van der Waals surface area contributed by atoms with Gasteiger partial charge in [-0.15, -0.1) is 0 Å². The molecule has 0 fully saturated rings. The Morgan fingerprint density at radius 1 is 1.26 bits per heavy atom. The number of rotatable bonds is 3. The zero-order valence-corrected chi connectivity index (χ0v) is 13.8. The zero-order valence-electron chi connectivity index (χ0n) is 11.4. The van der Waals surface area contributed by atoms with Crippen LogP contribution in [-0.2, 0) is 10.0 Å². The number of nitrogens with zero attached hydrogens (tertiary/aromatic N) is 1. The highest BCUT2D eigenvalue weighted by molar-refractivity contribution is 9.10. The van der Waals surface area contributed by atoms with Gasteiger partial charge in [-0.05, 0) is 45.0 Å². The van der Waals surface area contributed by atoms with E-state index in [1.807, 2.05) is 27.7 Å². The first-order chi connectivity index (χ1) is 8.61. The fourth-order valence-corrected chi connectivity index (χ4v) is 4.60. The molecule has 0 heterocycles. The van der Waals surface area contributed by atoms with Gasteiger partial charge in [0.2, 0.25) is 10.0 Å². The molecule has 0 spiro atoms. The fourth-order valence-electron chi connectivity index (χ4n) is 2.04. The molecule has 1 rings (SSSR count). The van der Waals surface area contributed by atoms with Crippen molar-refractivity contribution >= 4 is 26.0 Å². The third kappa shape index (κ3) is 3.16. The van der Waals surface area contributed by atoms with Crippen molar-refractivity contribution < 1.29 is 8.42 Å². The van der Waals surface area contributed by atoms with E-state index in [9.17, 15) is 13.7 Å². The van der Waals surface area contributed by atoms with Gasteiger partial charge < -0.3 is 0 Å². The van der Waals surface area contributed by atoms with E-state index in [0.717, 1.165) is 0 Å². The first kappa shape index (κ1) is 16.2. The molecule has 0 saturated heterocycles. The lowest BCUT2D eigenvalue weighted by Crippen LogP contribution is -2.17. The Morgan fingerprint density at radius 2 is 1.79 bits per heavy atom. The summed E-state index contributed by atoms with van der Waals surface area (Å²) in [6.45, 7) is 7.55. The van der Waals surface area contributed by atoms with Crippen molar-refractivity contribution in [3.05, 3.63) is 27.2 Å². The number of sulfonamides is 1. The Morgan fingerprint density at radius 3 is 2.11 bits per heavy atom. The summed E-state index contributed by atoms with van der Waals surface area (Å²) in [5.74, 6) is -0.0244. The summed E-state index contributed by atoms with van der Waals surface area (Å²) >= 11 is 3.32. The number of benzene rings is 1. The average molecular weight is 345 g/mol. The minimum Gasteiger partial charge on any atom is -0.225 e. The van der Waals surface area contributed by atoms with Crippen molar-refractivity contribution in [2.24, 2.45) is 5.14 Å². The van der Waals surface area contributed by atoms with Crippen LogP contribution in [-0.4, -0.2) is 8.42 Å². The van der Waals surface area contributed by atoms with E-state index in [4.69, 9.17) is 5.14 Å². The topological polar surface area (TPSA) is 83.9 Å². The van der Waals surface area contributed by atoms with E-state index in [-0.39, 0.29) is 16.7 Å².